The molecule has 2 atom stereocenters. The van der Waals surface area contributed by atoms with Crippen LogP contribution >= 0.6 is 7.82 Å². The van der Waals surface area contributed by atoms with Gasteiger partial charge in [0.05, 0.1) is 41.0 Å². The molecule has 0 radical (unpaired) electrons. The molecular formula is C29H61NO7P+. The van der Waals surface area contributed by atoms with Crippen LogP contribution in [0.1, 0.15) is 123 Å². The van der Waals surface area contributed by atoms with Crippen LogP contribution in [-0.2, 0) is 23.1 Å². The topological polar surface area (TPSA) is 91.3 Å². The number of ether oxygens (including phenoxy) is 2. The van der Waals surface area contributed by atoms with E-state index in [1.165, 1.54) is 89.9 Å². The number of carbonyl (C=O) groups excluding carboxylic acids is 1. The minimum atomic E-state index is -4.15. The third-order valence-electron chi connectivity index (χ3n) is 6.65. The summed E-state index contributed by atoms with van der Waals surface area (Å²) in [5, 5.41) is 0. The summed E-state index contributed by atoms with van der Waals surface area (Å²) < 4.78 is 33.2. The van der Waals surface area contributed by atoms with E-state index in [2.05, 4.69) is 6.92 Å². The van der Waals surface area contributed by atoms with Gasteiger partial charge in [-0.15, -0.1) is 0 Å². The highest BCUT2D eigenvalue weighted by Gasteiger charge is 2.25. The first-order valence-corrected chi connectivity index (χ1v) is 16.8. The smallest absolute Gasteiger partial charge is 0.435 e. The molecule has 0 aromatic rings. The fourth-order valence-corrected chi connectivity index (χ4v) is 4.99. The quantitative estimate of drug-likeness (QED) is 0.0463. The second-order valence-electron chi connectivity index (χ2n) is 11.6. The number of phosphoric ester groups is 1. The van der Waals surface area contributed by atoms with Crippen molar-refractivity contribution in [3.05, 3.63) is 0 Å². The molecule has 0 aromatic heterocycles. The summed E-state index contributed by atoms with van der Waals surface area (Å²) in [5.74, 6) is -0.187. The van der Waals surface area contributed by atoms with Crippen molar-refractivity contribution in [1.82, 2.24) is 0 Å². The van der Waals surface area contributed by atoms with E-state index in [4.69, 9.17) is 18.5 Å². The van der Waals surface area contributed by atoms with Crippen LogP contribution in [0, 0.1) is 5.92 Å². The summed E-state index contributed by atoms with van der Waals surface area (Å²) in [4.78, 5) is 21.6. The lowest BCUT2D eigenvalue weighted by atomic mass is 10.0. The van der Waals surface area contributed by atoms with Crippen molar-refractivity contribution >= 4 is 14.0 Å². The van der Waals surface area contributed by atoms with Gasteiger partial charge in [0.15, 0.2) is 0 Å². The maximum absolute atomic E-state index is 12.2. The van der Waals surface area contributed by atoms with Crippen LogP contribution in [0.2, 0.25) is 0 Å². The van der Waals surface area contributed by atoms with Gasteiger partial charge in [0.1, 0.15) is 13.2 Å². The molecule has 0 aliphatic carbocycles. The van der Waals surface area contributed by atoms with E-state index in [1.807, 2.05) is 21.1 Å². The van der Waals surface area contributed by atoms with Crippen LogP contribution in [-0.4, -0.2) is 69.6 Å². The molecule has 2 unspecified atom stereocenters. The minimum absolute atomic E-state index is 0.00367. The van der Waals surface area contributed by atoms with Crippen molar-refractivity contribution in [1.29, 1.82) is 0 Å². The molecule has 1 N–H and O–H groups in total. The van der Waals surface area contributed by atoms with Crippen molar-refractivity contribution in [3.63, 3.8) is 0 Å². The molecule has 0 spiro atoms. The Morgan fingerprint density at radius 3 is 1.63 bits per heavy atom. The SMILES string of the molecule is CCCCCCCCCCCCCCCCCCC(COC(=O)OCC)COP(=O)(O)OCC[N+](C)(C)C. The van der Waals surface area contributed by atoms with Crippen molar-refractivity contribution in [2.45, 2.75) is 123 Å². The number of carbonyl (C=O) groups is 1. The maximum atomic E-state index is 12.2. The molecule has 228 valence electrons. The fourth-order valence-electron chi connectivity index (χ4n) is 4.21. The Morgan fingerprint density at radius 2 is 1.18 bits per heavy atom. The number of quaternary nitrogens is 1. The summed E-state index contributed by atoms with van der Waals surface area (Å²) in [5.41, 5.74) is 0. The fraction of sp³-hybridized carbons (Fsp3) is 0.966. The van der Waals surface area contributed by atoms with Crippen molar-refractivity contribution < 1.29 is 37.3 Å². The van der Waals surface area contributed by atoms with E-state index in [9.17, 15) is 14.3 Å². The molecule has 0 aliphatic heterocycles. The summed E-state index contributed by atoms with van der Waals surface area (Å²) in [7, 11) is 1.79. The number of nitrogens with zero attached hydrogens (tertiary/aromatic N) is 1. The first kappa shape index (κ1) is 37.3. The highest BCUT2D eigenvalue weighted by Crippen LogP contribution is 2.43. The predicted molar refractivity (Wildman–Crippen MR) is 155 cm³/mol. The molecule has 0 aliphatic rings. The highest BCUT2D eigenvalue weighted by molar-refractivity contribution is 7.47. The lowest BCUT2D eigenvalue weighted by Gasteiger charge is -2.24. The lowest BCUT2D eigenvalue weighted by molar-refractivity contribution is -0.870. The summed E-state index contributed by atoms with van der Waals surface area (Å²) in [6.45, 7) is 5.03. The van der Waals surface area contributed by atoms with Crippen LogP contribution < -0.4 is 0 Å². The van der Waals surface area contributed by atoms with Crippen molar-refractivity contribution in [2.75, 3.05) is 54.1 Å². The number of likely N-dealkylation sites (N-methyl/N-ethyl adjacent to an activating group) is 1. The zero-order chi connectivity index (χ0) is 28.5. The third-order valence-corrected chi connectivity index (χ3v) is 7.64. The zero-order valence-corrected chi connectivity index (χ0v) is 26.3. The van der Waals surface area contributed by atoms with Gasteiger partial charge < -0.3 is 18.9 Å². The number of phosphoric acid groups is 1. The average Bonchev–Trinajstić information content (AvgIpc) is 2.84. The molecule has 0 rings (SSSR count). The largest absolute Gasteiger partial charge is 0.508 e. The van der Waals surface area contributed by atoms with Crippen molar-refractivity contribution in [3.8, 4) is 0 Å². The number of unbranched alkanes of at least 4 members (excludes halogenated alkanes) is 15. The van der Waals surface area contributed by atoms with Crippen LogP contribution in [0.4, 0.5) is 4.79 Å². The first-order chi connectivity index (χ1) is 18.1. The zero-order valence-electron chi connectivity index (χ0n) is 25.4. The summed E-state index contributed by atoms with van der Waals surface area (Å²) in [6, 6.07) is 0. The molecule has 0 heterocycles. The molecule has 0 saturated heterocycles. The van der Waals surface area contributed by atoms with Crippen LogP contribution in [0.3, 0.4) is 0 Å². The third kappa shape index (κ3) is 26.9. The van der Waals surface area contributed by atoms with Gasteiger partial charge in [-0.2, -0.15) is 0 Å². The first-order valence-electron chi connectivity index (χ1n) is 15.3. The Hall–Kier alpha value is -0.660. The van der Waals surface area contributed by atoms with Crippen LogP contribution in [0.15, 0.2) is 0 Å². The normalized spacial score (nSPS) is 14.3. The molecule has 38 heavy (non-hydrogen) atoms. The molecular weight excluding hydrogens is 505 g/mol. The second kappa shape index (κ2) is 24.2. The Kier molecular flexibility index (Phi) is 23.7. The molecule has 0 aromatic carbocycles. The standard InChI is InChI=1S/C29H60NO7P/c1-6-8-9-10-11-12-13-14-15-16-17-18-19-20-21-22-23-28(26-35-29(31)34-7-2)27-37-38(32,33)36-25-24-30(3,4)5/h28H,6-27H2,1-5H3/p+1. The van der Waals surface area contributed by atoms with Gasteiger partial charge in [-0.1, -0.05) is 110 Å². The molecule has 0 amide bonds. The van der Waals surface area contributed by atoms with E-state index in [0.717, 1.165) is 19.3 Å². The maximum Gasteiger partial charge on any atom is 0.508 e. The van der Waals surface area contributed by atoms with Gasteiger partial charge in [0, 0.05) is 5.92 Å². The van der Waals surface area contributed by atoms with Gasteiger partial charge >= 0.3 is 14.0 Å². The minimum Gasteiger partial charge on any atom is -0.435 e. The Balaban J connectivity index is 4.01. The van der Waals surface area contributed by atoms with Crippen LogP contribution in [0.25, 0.3) is 0 Å². The van der Waals surface area contributed by atoms with Gasteiger partial charge in [0.2, 0.25) is 0 Å². The van der Waals surface area contributed by atoms with Crippen LogP contribution in [0.5, 0.6) is 0 Å². The Bertz CT molecular complexity index is 598. The van der Waals surface area contributed by atoms with Gasteiger partial charge in [-0.25, -0.2) is 9.36 Å². The van der Waals surface area contributed by atoms with Gasteiger partial charge in [-0.3, -0.25) is 9.05 Å². The lowest BCUT2D eigenvalue weighted by Crippen LogP contribution is -2.37. The number of hydrogen-bond donors (Lipinski definition) is 1. The number of rotatable bonds is 27. The van der Waals surface area contributed by atoms with Crippen molar-refractivity contribution in [2.24, 2.45) is 5.92 Å². The van der Waals surface area contributed by atoms with E-state index < -0.39 is 14.0 Å². The van der Waals surface area contributed by atoms with E-state index in [0.29, 0.717) is 11.0 Å². The van der Waals surface area contributed by atoms with E-state index in [-0.39, 0.29) is 32.3 Å². The van der Waals surface area contributed by atoms with Gasteiger partial charge in [0.25, 0.3) is 0 Å². The molecule has 9 heteroatoms. The average molecular weight is 567 g/mol. The molecule has 0 saturated carbocycles. The molecule has 8 nitrogen and oxygen atoms in total. The summed E-state index contributed by atoms with van der Waals surface area (Å²) in [6.07, 6.45) is 20.9. The van der Waals surface area contributed by atoms with E-state index in [1.54, 1.807) is 6.92 Å². The second-order valence-corrected chi connectivity index (χ2v) is 13.0. The Morgan fingerprint density at radius 1 is 0.711 bits per heavy atom. The molecule has 0 bridgehead atoms. The number of hydrogen-bond acceptors (Lipinski definition) is 6. The molecule has 0 fully saturated rings. The summed E-state index contributed by atoms with van der Waals surface area (Å²) >= 11 is 0. The van der Waals surface area contributed by atoms with Gasteiger partial charge in [-0.05, 0) is 13.3 Å². The highest BCUT2D eigenvalue weighted by atomic mass is 31.2. The van der Waals surface area contributed by atoms with E-state index >= 15 is 0 Å². The monoisotopic (exact) mass is 566 g/mol. The Labute approximate surface area is 234 Å². The predicted octanol–water partition coefficient (Wildman–Crippen LogP) is 8.27.